The van der Waals surface area contributed by atoms with Crippen LogP contribution in [0.2, 0.25) is 0 Å². The van der Waals surface area contributed by atoms with Gasteiger partial charge in [-0.05, 0) is 30.5 Å². The quantitative estimate of drug-likeness (QED) is 0.886. The SMILES string of the molecule is CCCNC(=O)N1CCC2C(=O)N(Cc3ccc(F)cc3)CCN2CC1. The van der Waals surface area contributed by atoms with Gasteiger partial charge in [-0.3, -0.25) is 9.69 Å². The van der Waals surface area contributed by atoms with Crippen molar-refractivity contribution < 1.29 is 14.0 Å². The smallest absolute Gasteiger partial charge is 0.317 e. The molecule has 6 nitrogen and oxygen atoms in total. The first-order valence-corrected chi connectivity index (χ1v) is 9.38. The number of nitrogens with zero attached hydrogens (tertiary/aromatic N) is 3. The van der Waals surface area contributed by atoms with Crippen LogP contribution in [0.4, 0.5) is 9.18 Å². The van der Waals surface area contributed by atoms with Crippen LogP contribution >= 0.6 is 0 Å². The van der Waals surface area contributed by atoms with Crippen LogP contribution in [0.25, 0.3) is 0 Å². The van der Waals surface area contributed by atoms with Crippen LogP contribution in [-0.4, -0.2) is 71.9 Å². The van der Waals surface area contributed by atoms with Gasteiger partial charge in [-0.15, -0.1) is 0 Å². The molecular formula is C19H27FN4O2. The van der Waals surface area contributed by atoms with Gasteiger partial charge in [0.2, 0.25) is 5.91 Å². The highest BCUT2D eigenvalue weighted by Crippen LogP contribution is 2.20. The van der Waals surface area contributed by atoms with Crippen molar-refractivity contribution in [3.63, 3.8) is 0 Å². The molecule has 3 amide bonds. The summed E-state index contributed by atoms with van der Waals surface area (Å²) >= 11 is 0. The first-order chi connectivity index (χ1) is 12.6. The topological polar surface area (TPSA) is 55.9 Å². The number of fused-ring (bicyclic) bond motifs is 1. The van der Waals surface area contributed by atoms with E-state index in [2.05, 4.69) is 10.2 Å². The molecule has 0 saturated carbocycles. The summed E-state index contributed by atoms with van der Waals surface area (Å²) < 4.78 is 13.1. The summed E-state index contributed by atoms with van der Waals surface area (Å²) in [7, 11) is 0. The highest BCUT2D eigenvalue weighted by atomic mass is 19.1. The molecule has 1 aromatic carbocycles. The zero-order valence-corrected chi connectivity index (χ0v) is 15.3. The molecule has 26 heavy (non-hydrogen) atoms. The summed E-state index contributed by atoms with van der Waals surface area (Å²) in [6.07, 6.45) is 1.56. The van der Waals surface area contributed by atoms with Crippen LogP contribution in [0.3, 0.4) is 0 Å². The zero-order chi connectivity index (χ0) is 18.5. The molecule has 2 aliphatic rings. The Morgan fingerprint density at radius 2 is 1.88 bits per heavy atom. The van der Waals surface area contributed by atoms with E-state index in [0.717, 1.165) is 25.1 Å². The Morgan fingerprint density at radius 1 is 1.15 bits per heavy atom. The first kappa shape index (κ1) is 18.6. The third-order valence-corrected chi connectivity index (χ3v) is 5.12. The lowest BCUT2D eigenvalue weighted by atomic mass is 10.1. The maximum Gasteiger partial charge on any atom is 0.317 e. The molecular weight excluding hydrogens is 335 g/mol. The van der Waals surface area contributed by atoms with E-state index in [9.17, 15) is 14.0 Å². The molecule has 2 aliphatic heterocycles. The molecule has 2 saturated heterocycles. The van der Waals surface area contributed by atoms with Gasteiger partial charge in [0.1, 0.15) is 5.82 Å². The van der Waals surface area contributed by atoms with E-state index >= 15 is 0 Å². The number of nitrogens with one attached hydrogen (secondary N) is 1. The summed E-state index contributed by atoms with van der Waals surface area (Å²) in [6.45, 7) is 6.63. The molecule has 1 aromatic rings. The summed E-state index contributed by atoms with van der Waals surface area (Å²) in [5.41, 5.74) is 0.933. The molecule has 1 unspecified atom stereocenters. The van der Waals surface area contributed by atoms with Gasteiger partial charge >= 0.3 is 6.03 Å². The Balaban J connectivity index is 1.60. The lowest BCUT2D eigenvalue weighted by Crippen LogP contribution is -2.56. The number of urea groups is 1. The van der Waals surface area contributed by atoms with Crippen LogP contribution in [0.15, 0.2) is 24.3 Å². The average Bonchev–Trinajstić information content (AvgIpc) is 2.87. The van der Waals surface area contributed by atoms with Gasteiger partial charge in [-0.25, -0.2) is 9.18 Å². The van der Waals surface area contributed by atoms with Gasteiger partial charge in [0, 0.05) is 45.8 Å². The number of halogens is 1. The van der Waals surface area contributed by atoms with Crippen LogP contribution in [-0.2, 0) is 11.3 Å². The number of piperazine rings is 1. The van der Waals surface area contributed by atoms with Crippen LogP contribution in [0.1, 0.15) is 25.3 Å². The van der Waals surface area contributed by atoms with E-state index < -0.39 is 0 Å². The fourth-order valence-corrected chi connectivity index (χ4v) is 3.61. The highest BCUT2D eigenvalue weighted by Gasteiger charge is 2.37. The second kappa shape index (κ2) is 8.49. The fraction of sp³-hybridized carbons (Fsp3) is 0.579. The van der Waals surface area contributed by atoms with Crippen molar-refractivity contribution in [2.75, 3.05) is 39.3 Å². The lowest BCUT2D eigenvalue weighted by Gasteiger charge is -2.39. The second-order valence-electron chi connectivity index (χ2n) is 6.95. The third-order valence-electron chi connectivity index (χ3n) is 5.12. The average molecular weight is 362 g/mol. The maximum absolute atomic E-state index is 13.1. The molecule has 2 heterocycles. The number of hydrogen-bond donors (Lipinski definition) is 1. The normalized spacial score (nSPS) is 21.3. The Kier molecular flexibility index (Phi) is 6.08. The highest BCUT2D eigenvalue weighted by molar-refractivity contribution is 5.83. The molecule has 7 heteroatoms. The molecule has 3 rings (SSSR count). The summed E-state index contributed by atoms with van der Waals surface area (Å²) in [5.74, 6) is -0.161. The molecule has 142 valence electrons. The number of rotatable bonds is 4. The summed E-state index contributed by atoms with van der Waals surface area (Å²) in [5, 5.41) is 2.91. The van der Waals surface area contributed by atoms with Gasteiger partial charge in [-0.1, -0.05) is 19.1 Å². The van der Waals surface area contributed by atoms with Gasteiger partial charge in [0.15, 0.2) is 0 Å². The van der Waals surface area contributed by atoms with E-state index in [1.165, 1.54) is 12.1 Å². The summed E-state index contributed by atoms with van der Waals surface area (Å²) in [6, 6.07) is 6.09. The maximum atomic E-state index is 13.1. The number of benzene rings is 1. The molecule has 0 bridgehead atoms. The molecule has 1 N–H and O–H groups in total. The van der Waals surface area contributed by atoms with E-state index in [-0.39, 0.29) is 23.8 Å². The molecule has 0 aromatic heterocycles. The summed E-state index contributed by atoms with van der Waals surface area (Å²) in [4.78, 5) is 31.0. The van der Waals surface area contributed by atoms with Crippen molar-refractivity contribution in [2.45, 2.75) is 32.4 Å². The number of amides is 3. The minimum atomic E-state index is -0.268. The molecule has 0 aliphatic carbocycles. The van der Waals surface area contributed by atoms with Crippen molar-refractivity contribution >= 4 is 11.9 Å². The first-order valence-electron chi connectivity index (χ1n) is 9.38. The standard InChI is InChI=1S/C19H27FN4O2/c1-2-8-21-19(26)23-9-7-17-18(25)24(13-11-22(17)10-12-23)14-15-3-5-16(20)6-4-15/h3-6,17H,2,7-14H2,1H3,(H,21,26). The monoisotopic (exact) mass is 362 g/mol. The van der Waals surface area contributed by atoms with Crippen LogP contribution in [0.5, 0.6) is 0 Å². The largest absolute Gasteiger partial charge is 0.338 e. The van der Waals surface area contributed by atoms with Crippen LogP contribution < -0.4 is 5.32 Å². The Labute approximate surface area is 153 Å². The van der Waals surface area contributed by atoms with E-state index in [0.29, 0.717) is 39.1 Å². The zero-order valence-electron chi connectivity index (χ0n) is 15.3. The lowest BCUT2D eigenvalue weighted by molar-refractivity contribution is -0.142. The van der Waals surface area contributed by atoms with Gasteiger partial charge in [0.25, 0.3) is 0 Å². The van der Waals surface area contributed by atoms with Gasteiger partial charge in [-0.2, -0.15) is 0 Å². The second-order valence-corrected chi connectivity index (χ2v) is 6.95. The van der Waals surface area contributed by atoms with E-state index in [1.807, 2.05) is 16.7 Å². The van der Waals surface area contributed by atoms with Gasteiger partial charge in [0.05, 0.1) is 6.04 Å². The predicted molar refractivity (Wildman–Crippen MR) is 97.1 cm³/mol. The fourth-order valence-electron chi connectivity index (χ4n) is 3.61. The molecule has 0 spiro atoms. The number of hydrogen-bond acceptors (Lipinski definition) is 3. The van der Waals surface area contributed by atoms with Gasteiger partial charge < -0.3 is 15.1 Å². The van der Waals surface area contributed by atoms with Crippen molar-refractivity contribution in [1.29, 1.82) is 0 Å². The van der Waals surface area contributed by atoms with Crippen molar-refractivity contribution in [2.24, 2.45) is 0 Å². The minimum Gasteiger partial charge on any atom is -0.338 e. The molecule has 2 fully saturated rings. The third kappa shape index (κ3) is 4.33. The van der Waals surface area contributed by atoms with Crippen molar-refractivity contribution in [3.8, 4) is 0 Å². The van der Waals surface area contributed by atoms with E-state index in [4.69, 9.17) is 0 Å². The van der Waals surface area contributed by atoms with Crippen molar-refractivity contribution in [3.05, 3.63) is 35.6 Å². The van der Waals surface area contributed by atoms with Crippen LogP contribution in [0, 0.1) is 5.82 Å². The Morgan fingerprint density at radius 3 is 2.62 bits per heavy atom. The minimum absolute atomic E-state index is 0.0395. The predicted octanol–water partition coefficient (Wildman–Crippen LogP) is 1.66. The Bertz CT molecular complexity index is 637. The number of carbonyl (C=O) groups excluding carboxylic acids is 2. The molecule has 1 atom stereocenters. The molecule has 0 radical (unpaired) electrons. The van der Waals surface area contributed by atoms with E-state index in [1.54, 1.807) is 12.1 Å². The number of carbonyl (C=O) groups is 2. The van der Waals surface area contributed by atoms with Crippen molar-refractivity contribution in [1.82, 2.24) is 20.0 Å². The Hall–Kier alpha value is -2.15.